The van der Waals surface area contributed by atoms with Gasteiger partial charge in [-0.25, -0.2) is 9.18 Å². The van der Waals surface area contributed by atoms with Gasteiger partial charge in [-0.15, -0.1) is 0 Å². The van der Waals surface area contributed by atoms with Gasteiger partial charge in [0.1, 0.15) is 12.4 Å². The van der Waals surface area contributed by atoms with Gasteiger partial charge in [0.2, 0.25) is 11.8 Å². The fourth-order valence-electron chi connectivity index (χ4n) is 3.87. The Morgan fingerprint density at radius 3 is 2.44 bits per heavy atom. The summed E-state index contributed by atoms with van der Waals surface area (Å²) in [5, 5.41) is 2.96. The molecule has 0 aliphatic carbocycles. The van der Waals surface area contributed by atoms with Crippen LogP contribution < -0.4 is 5.32 Å². The van der Waals surface area contributed by atoms with E-state index in [2.05, 4.69) is 11.9 Å². The van der Waals surface area contributed by atoms with Crippen LogP contribution in [0.2, 0.25) is 0 Å². The van der Waals surface area contributed by atoms with E-state index < -0.39 is 5.97 Å². The number of carbonyl (C=O) groups excluding carboxylic acids is 3. The van der Waals surface area contributed by atoms with E-state index in [0.717, 1.165) is 43.2 Å². The molecule has 0 spiro atoms. The molecule has 8 heteroatoms. The zero-order chi connectivity index (χ0) is 25.8. The summed E-state index contributed by atoms with van der Waals surface area (Å²) in [7, 11) is 0. The number of halogens is 1. The Bertz CT molecular complexity index is 1030. The number of hydrogen-bond acceptors (Lipinski definition) is 5. The number of nitrogens with zero attached hydrogens (tertiary/aromatic N) is 1. The van der Waals surface area contributed by atoms with E-state index in [4.69, 9.17) is 4.74 Å². The number of esters is 1. The zero-order valence-electron chi connectivity index (χ0n) is 20.4. The third-order valence-electron chi connectivity index (χ3n) is 5.93. The van der Waals surface area contributed by atoms with Gasteiger partial charge >= 0.3 is 5.97 Å². The standard InChI is InChI=1S/C28H33FN2O4S/c1-2-17-35-28(34)23-12-8-22(9-13-23)20-36-31-25(19-27(31)33)18-26(32)30-16-6-4-3-5-7-21-10-14-24(29)15-11-21/h2,8-15,25H,1,3-7,16-20H2,(H,30,32). The molecule has 1 aliphatic heterocycles. The van der Waals surface area contributed by atoms with E-state index in [1.165, 1.54) is 30.2 Å². The second-order valence-electron chi connectivity index (χ2n) is 8.78. The van der Waals surface area contributed by atoms with Gasteiger partial charge in [-0.2, -0.15) is 0 Å². The molecule has 192 valence electrons. The van der Waals surface area contributed by atoms with Crippen LogP contribution in [0.5, 0.6) is 0 Å². The topological polar surface area (TPSA) is 75.7 Å². The molecule has 2 amide bonds. The number of carbonyl (C=O) groups is 3. The summed E-state index contributed by atoms with van der Waals surface area (Å²) >= 11 is 1.39. The Labute approximate surface area is 216 Å². The summed E-state index contributed by atoms with van der Waals surface area (Å²) in [5.41, 5.74) is 2.58. The van der Waals surface area contributed by atoms with Gasteiger partial charge in [-0.1, -0.05) is 49.8 Å². The number of unbranched alkanes of at least 4 members (excludes halogenated alkanes) is 3. The predicted molar refractivity (Wildman–Crippen MR) is 140 cm³/mol. The van der Waals surface area contributed by atoms with Gasteiger partial charge in [-0.05, 0) is 66.6 Å². The molecule has 2 aromatic rings. The Morgan fingerprint density at radius 2 is 1.75 bits per heavy atom. The third-order valence-corrected chi connectivity index (χ3v) is 7.17. The number of hydrogen-bond donors (Lipinski definition) is 1. The van der Waals surface area contributed by atoms with Crippen LogP contribution in [0.3, 0.4) is 0 Å². The van der Waals surface area contributed by atoms with Gasteiger partial charge < -0.3 is 10.1 Å². The van der Waals surface area contributed by atoms with E-state index in [0.29, 0.717) is 30.7 Å². The van der Waals surface area contributed by atoms with Crippen LogP contribution in [0.1, 0.15) is 60.0 Å². The van der Waals surface area contributed by atoms with E-state index in [1.807, 2.05) is 24.3 Å². The molecule has 1 atom stereocenters. The van der Waals surface area contributed by atoms with Crippen LogP contribution in [-0.4, -0.2) is 41.3 Å². The molecule has 1 fully saturated rings. The molecule has 0 radical (unpaired) electrons. The first-order chi connectivity index (χ1) is 17.5. The average Bonchev–Trinajstić information content (AvgIpc) is 2.88. The van der Waals surface area contributed by atoms with Crippen molar-refractivity contribution in [3.05, 3.63) is 83.7 Å². The Kier molecular flexibility index (Phi) is 11.0. The number of rotatable bonds is 15. The first-order valence-corrected chi connectivity index (χ1v) is 13.2. The molecule has 1 N–H and O–H groups in total. The average molecular weight is 513 g/mol. The van der Waals surface area contributed by atoms with Gasteiger partial charge in [0.05, 0.1) is 11.6 Å². The lowest BCUT2D eigenvalue weighted by Gasteiger charge is -2.38. The van der Waals surface area contributed by atoms with Crippen molar-refractivity contribution in [3.8, 4) is 0 Å². The van der Waals surface area contributed by atoms with Gasteiger partial charge in [0, 0.05) is 25.1 Å². The van der Waals surface area contributed by atoms with Crippen LogP contribution in [0.15, 0.2) is 61.2 Å². The highest BCUT2D eigenvalue weighted by Crippen LogP contribution is 2.32. The summed E-state index contributed by atoms with van der Waals surface area (Å²) in [5.74, 6) is -0.0417. The SMILES string of the molecule is C=CCOC(=O)c1ccc(CSN2C(=O)CC2CC(=O)NCCCCCCc2ccc(F)cc2)cc1. The Morgan fingerprint density at radius 1 is 1.06 bits per heavy atom. The maximum atomic E-state index is 12.9. The summed E-state index contributed by atoms with van der Waals surface area (Å²) in [6, 6.07) is 13.6. The second kappa shape index (κ2) is 14.4. The van der Waals surface area contributed by atoms with Crippen molar-refractivity contribution in [2.75, 3.05) is 13.2 Å². The molecule has 0 saturated carbocycles. The van der Waals surface area contributed by atoms with E-state index >= 15 is 0 Å². The quantitative estimate of drug-likeness (QED) is 0.116. The summed E-state index contributed by atoms with van der Waals surface area (Å²) < 4.78 is 19.6. The van der Waals surface area contributed by atoms with Crippen LogP contribution in [0, 0.1) is 5.82 Å². The van der Waals surface area contributed by atoms with Crippen molar-refractivity contribution in [3.63, 3.8) is 0 Å². The summed E-state index contributed by atoms with van der Waals surface area (Å²) in [4.78, 5) is 36.2. The normalized spacial score (nSPS) is 14.8. The maximum Gasteiger partial charge on any atom is 0.338 e. The van der Waals surface area contributed by atoms with E-state index in [-0.39, 0.29) is 30.3 Å². The molecule has 0 aromatic heterocycles. The molecule has 36 heavy (non-hydrogen) atoms. The first kappa shape index (κ1) is 27.5. The zero-order valence-corrected chi connectivity index (χ0v) is 21.2. The lowest BCUT2D eigenvalue weighted by atomic mass is 10.0. The lowest BCUT2D eigenvalue weighted by molar-refractivity contribution is -0.138. The molecule has 6 nitrogen and oxygen atoms in total. The third kappa shape index (κ3) is 8.82. The smallest absolute Gasteiger partial charge is 0.338 e. The van der Waals surface area contributed by atoms with Crippen molar-refractivity contribution in [2.45, 2.75) is 56.7 Å². The number of ether oxygens (including phenoxy) is 1. The van der Waals surface area contributed by atoms with E-state index in [1.54, 1.807) is 16.4 Å². The van der Waals surface area contributed by atoms with Crippen LogP contribution >= 0.6 is 11.9 Å². The fraction of sp³-hybridized carbons (Fsp3) is 0.393. The minimum absolute atomic E-state index is 0.0311. The molecule has 1 unspecified atom stereocenters. The van der Waals surface area contributed by atoms with Crippen molar-refractivity contribution >= 4 is 29.7 Å². The fourth-order valence-corrected chi connectivity index (χ4v) is 4.93. The predicted octanol–water partition coefficient (Wildman–Crippen LogP) is 5.23. The van der Waals surface area contributed by atoms with Crippen molar-refractivity contribution < 1.29 is 23.5 Å². The van der Waals surface area contributed by atoms with Crippen molar-refractivity contribution in [2.24, 2.45) is 0 Å². The highest BCUT2D eigenvalue weighted by Gasteiger charge is 2.37. The minimum atomic E-state index is -0.400. The van der Waals surface area contributed by atoms with E-state index in [9.17, 15) is 18.8 Å². The molecule has 1 saturated heterocycles. The highest BCUT2D eigenvalue weighted by atomic mass is 32.2. The largest absolute Gasteiger partial charge is 0.458 e. The van der Waals surface area contributed by atoms with Gasteiger partial charge in [-0.3, -0.25) is 13.9 Å². The number of aryl methyl sites for hydroxylation is 1. The summed E-state index contributed by atoms with van der Waals surface area (Å²) in [6.45, 7) is 4.32. The van der Waals surface area contributed by atoms with Crippen LogP contribution in [-0.2, 0) is 26.5 Å². The van der Waals surface area contributed by atoms with Gasteiger partial charge in [0.15, 0.2) is 0 Å². The molecule has 1 aliphatic rings. The lowest BCUT2D eigenvalue weighted by Crippen LogP contribution is -2.50. The molecule has 1 heterocycles. The summed E-state index contributed by atoms with van der Waals surface area (Å²) in [6.07, 6.45) is 7.18. The van der Waals surface area contributed by atoms with Crippen LogP contribution in [0.25, 0.3) is 0 Å². The highest BCUT2D eigenvalue weighted by molar-refractivity contribution is 7.96. The maximum absolute atomic E-state index is 12.9. The Hall–Kier alpha value is -3.13. The molecule has 2 aromatic carbocycles. The number of benzene rings is 2. The molecular weight excluding hydrogens is 479 g/mol. The number of nitrogens with one attached hydrogen (secondary N) is 1. The minimum Gasteiger partial charge on any atom is -0.458 e. The Balaban J connectivity index is 1.28. The second-order valence-corrected chi connectivity index (χ2v) is 9.72. The number of β-lactam (4-membered cyclic amide) rings is 1. The molecular formula is C28H33FN2O4S. The first-order valence-electron chi connectivity index (χ1n) is 12.3. The van der Waals surface area contributed by atoms with Crippen molar-refractivity contribution in [1.82, 2.24) is 9.62 Å². The van der Waals surface area contributed by atoms with Crippen LogP contribution in [0.4, 0.5) is 4.39 Å². The number of amides is 2. The monoisotopic (exact) mass is 512 g/mol. The van der Waals surface area contributed by atoms with Gasteiger partial charge in [0.25, 0.3) is 0 Å². The van der Waals surface area contributed by atoms with Crippen molar-refractivity contribution in [1.29, 1.82) is 0 Å². The molecule has 0 bridgehead atoms. The molecule has 3 rings (SSSR count).